The SMILES string of the molecule is Cc1ccc(S(C)(=O)=O)cc1[N+](=O)[O-].OO. The highest BCUT2D eigenvalue weighted by molar-refractivity contribution is 7.90. The molecule has 0 saturated carbocycles. The smallest absolute Gasteiger partial charge is 0.258 e. The van der Waals surface area contributed by atoms with Crippen LogP contribution in [0.25, 0.3) is 0 Å². The Morgan fingerprint density at radius 2 is 1.81 bits per heavy atom. The fraction of sp³-hybridized carbons (Fsp3) is 0.250. The summed E-state index contributed by atoms with van der Waals surface area (Å²) in [5.41, 5.74) is 0.273. The maximum absolute atomic E-state index is 11.1. The van der Waals surface area contributed by atoms with E-state index in [1.165, 1.54) is 12.1 Å². The van der Waals surface area contributed by atoms with Crippen molar-refractivity contribution >= 4 is 15.5 Å². The average Bonchev–Trinajstić information content (AvgIpc) is 2.19. The van der Waals surface area contributed by atoms with Crippen LogP contribution in [0, 0.1) is 17.0 Å². The largest absolute Gasteiger partial charge is 0.273 e. The molecule has 90 valence electrons. The van der Waals surface area contributed by atoms with Gasteiger partial charge in [0.05, 0.1) is 9.82 Å². The number of nitrogens with zero attached hydrogens (tertiary/aromatic N) is 1. The maximum Gasteiger partial charge on any atom is 0.273 e. The van der Waals surface area contributed by atoms with Crippen LogP contribution in [0.5, 0.6) is 0 Å². The van der Waals surface area contributed by atoms with Gasteiger partial charge in [0.15, 0.2) is 9.84 Å². The number of hydrogen-bond acceptors (Lipinski definition) is 6. The molecule has 0 spiro atoms. The number of aryl methyl sites for hydroxylation is 1. The highest BCUT2D eigenvalue weighted by Gasteiger charge is 2.15. The van der Waals surface area contributed by atoms with Crippen LogP contribution in [-0.2, 0) is 9.84 Å². The van der Waals surface area contributed by atoms with Crippen molar-refractivity contribution in [2.45, 2.75) is 11.8 Å². The van der Waals surface area contributed by atoms with E-state index in [0.717, 1.165) is 12.3 Å². The lowest BCUT2D eigenvalue weighted by Gasteiger charge is -2.00. The molecule has 2 N–H and O–H groups in total. The zero-order chi connectivity index (χ0) is 12.9. The van der Waals surface area contributed by atoms with E-state index >= 15 is 0 Å². The van der Waals surface area contributed by atoms with E-state index in [2.05, 4.69) is 0 Å². The molecule has 1 rings (SSSR count). The first-order valence-electron chi connectivity index (χ1n) is 3.97. The lowest BCUT2D eigenvalue weighted by Crippen LogP contribution is -1.99. The molecule has 0 fully saturated rings. The van der Waals surface area contributed by atoms with Crippen LogP contribution < -0.4 is 0 Å². The summed E-state index contributed by atoms with van der Waals surface area (Å²) in [6.45, 7) is 1.56. The molecule has 0 unspecified atom stereocenters. The molecule has 0 aromatic heterocycles. The van der Waals surface area contributed by atoms with E-state index in [1.807, 2.05) is 0 Å². The lowest BCUT2D eigenvalue weighted by atomic mass is 10.2. The quantitative estimate of drug-likeness (QED) is 0.463. The van der Waals surface area contributed by atoms with Gasteiger partial charge in [-0.15, -0.1) is 0 Å². The summed E-state index contributed by atoms with van der Waals surface area (Å²) in [7, 11) is -3.38. The fourth-order valence-corrected chi connectivity index (χ4v) is 1.66. The highest BCUT2D eigenvalue weighted by atomic mass is 32.2. The predicted octanol–water partition coefficient (Wildman–Crippen LogP) is 1.32. The Bertz CT molecular complexity index is 481. The van der Waals surface area contributed by atoms with E-state index in [0.29, 0.717) is 5.56 Å². The molecule has 16 heavy (non-hydrogen) atoms. The van der Waals surface area contributed by atoms with Crippen molar-refractivity contribution in [3.8, 4) is 0 Å². The minimum atomic E-state index is -3.38. The van der Waals surface area contributed by atoms with Crippen LogP contribution in [0.1, 0.15) is 5.56 Å². The second-order valence-corrected chi connectivity index (χ2v) is 4.99. The van der Waals surface area contributed by atoms with Gasteiger partial charge in [-0.2, -0.15) is 0 Å². The molecule has 0 heterocycles. The molecule has 0 radical (unpaired) electrons. The summed E-state index contributed by atoms with van der Waals surface area (Å²) in [6, 6.07) is 3.86. The maximum atomic E-state index is 11.1. The van der Waals surface area contributed by atoms with Crippen LogP contribution >= 0.6 is 0 Å². The summed E-state index contributed by atoms with van der Waals surface area (Å²) in [4.78, 5) is 9.89. The molecule has 0 amide bonds. The van der Waals surface area contributed by atoms with Crippen molar-refractivity contribution in [3.63, 3.8) is 0 Å². The summed E-state index contributed by atoms with van der Waals surface area (Å²) in [5, 5.41) is 22.5. The van der Waals surface area contributed by atoms with Gasteiger partial charge >= 0.3 is 0 Å². The molecule has 8 heteroatoms. The van der Waals surface area contributed by atoms with E-state index in [1.54, 1.807) is 6.92 Å². The van der Waals surface area contributed by atoms with E-state index in [-0.39, 0.29) is 10.6 Å². The first-order valence-corrected chi connectivity index (χ1v) is 5.86. The summed E-state index contributed by atoms with van der Waals surface area (Å²) in [5.74, 6) is 0. The number of benzene rings is 1. The summed E-state index contributed by atoms with van der Waals surface area (Å²) >= 11 is 0. The Morgan fingerprint density at radius 3 is 2.19 bits per heavy atom. The van der Waals surface area contributed by atoms with Gasteiger partial charge < -0.3 is 0 Å². The Morgan fingerprint density at radius 1 is 1.31 bits per heavy atom. The van der Waals surface area contributed by atoms with E-state index < -0.39 is 14.8 Å². The third-order valence-electron chi connectivity index (χ3n) is 1.81. The van der Waals surface area contributed by atoms with Gasteiger partial charge in [-0.25, -0.2) is 8.42 Å². The van der Waals surface area contributed by atoms with E-state index in [4.69, 9.17) is 10.5 Å². The molecule has 0 bridgehead atoms. The number of rotatable bonds is 2. The monoisotopic (exact) mass is 249 g/mol. The lowest BCUT2D eigenvalue weighted by molar-refractivity contribution is -0.385. The van der Waals surface area contributed by atoms with Crippen molar-refractivity contribution in [1.82, 2.24) is 0 Å². The topological polar surface area (TPSA) is 118 Å². The minimum absolute atomic E-state index is 0.0326. The Balaban J connectivity index is 0.00000106. The molecule has 0 saturated heterocycles. The number of sulfone groups is 1. The number of nitro groups is 1. The van der Waals surface area contributed by atoms with Gasteiger partial charge in [0.2, 0.25) is 0 Å². The molecule has 0 aliphatic carbocycles. The Labute approximate surface area is 92.0 Å². The standard InChI is InChI=1S/C8H9NO4S.H2O2/c1-6-3-4-7(14(2,12)13)5-8(6)9(10)11;1-2/h3-5H,1-2H3;1-2H. The van der Waals surface area contributed by atoms with Gasteiger partial charge in [0, 0.05) is 17.9 Å². The minimum Gasteiger partial charge on any atom is -0.258 e. The number of hydrogen-bond donors (Lipinski definition) is 2. The molecule has 1 aromatic rings. The van der Waals surface area contributed by atoms with Gasteiger partial charge in [0.1, 0.15) is 0 Å². The zero-order valence-electron chi connectivity index (χ0n) is 8.61. The van der Waals surface area contributed by atoms with Crippen molar-refractivity contribution in [1.29, 1.82) is 0 Å². The molecule has 7 nitrogen and oxygen atoms in total. The molecule has 1 aromatic carbocycles. The Kier molecular flexibility index (Phi) is 5.02. The molecule has 0 atom stereocenters. The van der Waals surface area contributed by atoms with Crippen LogP contribution in [0.4, 0.5) is 5.69 Å². The van der Waals surface area contributed by atoms with Crippen LogP contribution in [0.2, 0.25) is 0 Å². The molecular weight excluding hydrogens is 238 g/mol. The molecular formula is C8H11NO6S. The molecule has 0 aliphatic rings. The van der Waals surface area contributed by atoms with Crippen molar-refractivity contribution in [2.75, 3.05) is 6.26 Å². The second-order valence-electron chi connectivity index (χ2n) is 2.98. The second kappa shape index (κ2) is 5.54. The van der Waals surface area contributed by atoms with Gasteiger partial charge in [-0.1, -0.05) is 6.07 Å². The summed E-state index contributed by atoms with van der Waals surface area (Å²) in [6.07, 6.45) is 1.02. The predicted molar refractivity (Wildman–Crippen MR) is 56.2 cm³/mol. The third-order valence-corrected chi connectivity index (χ3v) is 2.92. The third kappa shape index (κ3) is 3.57. The van der Waals surface area contributed by atoms with Crippen LogP contribution in [-0.4, -0.2) is 30.1 Å². The first-order chi connectivity index (χ1) is 7.32. The van der Waals surface area contributed by atoms with Gasteiger partial charge in [-0.05, 0) is 13.0 Å². The van der Waals surface area contributed by atoms with Crippen molar-refractivity contribution in [2.24, 2.45) is 0 Å². The average molecular weight is 249 g/mol. The zero-order valence-corrected chi connectivity index (χ0v) is 9.43. The summed E-state index contributed by atoms with van der Waals surface area (Å²) < 4.78 is 22.2. The van der Waals surface area contributed by atoms with E-state index in [9.17, 15) is 18.5 Å². The van der Waals surface area contributed by atoms with Crippen molar-refractivity contribution in [3.05, 3.63) is 33.9 Å². The first kappa shape index (κ1) is 14.5. The highest BCUT2D eigenvalue weighted by Crippen LogP contribution is 2.21. The normalized spacial score (nSPS) is 10.2. The van der Waals surface area contributed by atoms with Gasteiger partial charge in [-0.3, -0.25) is 20.6 Å². The molecule has 0 aliphatic heterocycles. The van der Waals surface area contributed by atoms with Crippen LogP contribution in [0.15, 0.2) is 23.1 Å². The fourth-order valence-electron chi connectivity index (χ4n) is 1.02. The number of nitro benzene ring substituents is 1. The Hall–Kier alpha value is -1.51. The van der Waals surface area contributed by atoms with Crippen molar-refractivity contribution < 1.29 is 23.9 Å². The van der Waals surface area contributed by atoms with Crippen LogP contribution in [0.3, 0.4) is 0 Å². The van der Waals surface area contributed by atoms with Gasteiger partial charge in [0.25, 0.3) is 5.69 Å².